The first-order valence-corrected chi connectivity index (χ1v) is 12.2. The number of aromatic nitrogens is 1. The molecule has 0 saturated carbocycles. The summed E-state index contributed by atoms with van der Waals surface area (Å²) in [7, 11) is 1.57. The average Bonchev–Trinajstić information content (AvgIpc) is 2.90. The van der Waals surface area contributed by atoms with Crippen LogP contribution in [0.25, 0.3) is 10.9 Å². The third kappa shape index (κ3) is 6.14. The number of hydrogen-bond acceptors (Lipinski definition) is 4. The summed E-state index contributed by atoms with van der Waals surface area (Å²) in [5.41, 5.74) is 1.89. The van der Waals surface area contributed by atoms with E-state index in [0.717, 1.165) is 0 Å². The van der Waals surface area contributed by atoms with Crippen molar-refractivity contribution < 1.29 is 23.4 Å². The molecule has 1 aromatic heterocycles. The number of nitrogens with zero attached hydrogens (tertiary/aromatic N) is 2. The largest absolute Gasteiger partial charge is 0.497 e. The quantitative estimate of drug-likeness (QED) is 0.375. The number of rotatable bonds is 10. The Morgan fingerprint density at radius 2 is 1.94 bits per heavy atom. The van der Waals surface area contributed by atoms with Gasteiger partial charge in [0, 0.05) is 24.7 Å². The Labute approximate surface area is 204 Å². The van der Waals surface area contributed by atoms with Gasteiger partial charge in [-0.3, -0.25) is 9.78 Å². The van der Waals surface area contributed by atoms with Crippen LogP contribution in [-0.2, 0) is 4.79 Å². The minimum atomic E-state index is -1.22. The fourth-order valence-corrected chi connectivity index (χ4v) is 5.08. The number of pyridine rings is 1. The maximum Gasteiger partial charge on any atom is 0.308 e. The first kappa shape index (κ1) is 25.0. The summed E-state index contributed by atoms with van der Waals surface area (Å²) in [5.74, 6) is -0.922. The molecule has 1 aliphatic rings. The van der Waals surface area contributed by atoms with Crippen LogP contribution in [0.1, 0.15) is 49.2 Å². The van der Waals surface area contributed by atoms with E-state index < -0.39 is 24.2 Å². The molecular formula is C28H32F2N2O3. The number of carbonyl (C=O) groups is 1. The number of benzene rings is 2. The van der Waals surface area contributed by atoms with Crippen LogP contribution in [0.15, 0.2) is 60.8 Å². The molecule has 0 spiro atoms. The van der Waals surface area contributed by atoms with Gasteiger partial charge < -0.3 is 14.7 Å². The molecule has 3 aromatic rings. The average molecular weight is 483 g/mol. The molecule has 1 aliphatic heterocycles. The molecule has 2 heterocycles. The number of halogens is 2. The van der Waals surface area contributed by atoms with E-state index in [2.05, 4.69) is 4.98 Å². The molecule has 35 heavy (non-hydrogen) atoms. The van der Waals surface area contributed by atoms with Crippen LogP contribution in [-0.4, -0.2) is 47.7 Å². The predicted molar refractivity (Wildman–Crippen MR) is 132 cm³/mol. The van der Waals surface area contributed by atoms with E-state index in [0.29, 0.717) is 66.7 Å². The highest BCUT2D eigenvalue weighted by molar-refractivity contribution is 5.83. The van der Waals surface area contributed by atoms with Crippen molar-refractivity contribution in [2.24, 2.45) is 11.8 Å². The third-order valence-corrected chi connectivity index (χ3v) is 7.13. The molecule has 0 aliphatic carbocycles. The van der Waals surface area contributed by atoms with E-state index >= 15 is 4.39 Å². The summed E-state index contributed by atoms with van der Waals surface area (Å²) in [6.07, 6.45) is 1.02. The normalized spacial score (nSPS) is 20.4. The molecule has 5 nitrogen and oxygen atoms in total. The second-order valence-corrected chi connectivity index (χ2v) is 9.29. The highest BCUT2D eigenvalue weighted by atomic mass is 19.1. The van der Waals surface area contributed by atoms with Crippen LogP contribution in [0.5, 0.6) is 5.75 Å². The fourth-order valence-electron chi connectivity index (χ4n) is 5.08. The molecule has 1 saturated heterocycles. The lowest BCUT2D eigenvalue weighted by Crippen LogP contribution is -2.44. The number of carboxylic acids is 1. The van der Waals surface area contributed by atoms with Crippen LogP contribution in [0.4, 0.5) is 8.78 Å². The highest BCUT2D eigenvalue weighted by Crippen LogP contribution is 2.35. The fraction of sp³-hybridized carbons (Fsp3) is 0.429. The Kier molecular flexibility index (Phi) is 8.29. The molecule has 186 valence electrons. The Hall–Kier alpha value is -3.06. The molecule has 1 N–H and O–H groups in total. The Balaban J connectivity index is 1.35. The van der Waals surface area contributed by atoms with E-state index in [-0.39, 0.29) is 12.3 Å². The Bertz CT molecular complexity index is 1130. The zero-order valence-electron chi connectivity index (χ0n) is 19.9. The number of likely N-dealkylation sites (tertiary alicyclic amines) is 1. The van der Waals surface area contributed by atoms with Crippen molar-refractivity contribution in [2.75, 3.05) is 26.7 Å². The van der Waals surface area contributed by atoms with Crippen LogP contribution >= 0.6 is 0 Å². The highest BCUT2D eigenvalue weighted by Gasteiger charge is 2.34. The number of carboxylic acid groups (broad SMARTS) is 1. The van der Waals surface area contributed by atoms with Crippen molar-refractivity contribution in [1.29, 1.82) is 0 Å². The summed E-state index contributed by atoms with van der Waals surface area (Å²) in [6.45, 7) is 1.57. The summed E-state index contributed by atoms with van der Waals surface area (Å²) in [5, 5.41) is 10.6. The van der Waals surface area contributed by atoms with Crippen molar-refractivity contribution >= 4 is 16.9 Å². The lowest BCUT2D eigenvalue weighted by atomic mass is 9.81. The van der Waals surface area contributed by atoms with Gasteiger partial charge in [0.25, 0.3) is 0 Å². The first-order valence-electron chi connectivity index (χ1n) is 12.2. The molecule has 4 rings (SSSR count). The van der Waals surface area contributed by atoms with Crippen molar-refractivity contribution in [3.63, 3.8) is 0 Å². The minimum Gasteiger partial charge on any atom is -0.497 e. The molecule has 1 fully saturated rings. The molecule has 4 atom stereocenters. The van der Waals surface area contributed by atoms with E-state index in [1.807, 2.05) is 23.1 Å². The summed E-state index contributed by atoms with van der Waals surface area (Å²) in [6, 6.07) is 16.1. The molecule has 0 radical (unpaired) electrons. The van der Waals surface area contributed by atoms with Gasteiger partial charge in [-0.25, -0.2) is 8.78 Å². The van der Waals surface area contributed by atoms with Crippen molar-refractivity contribution in [2.45, 2.75) is 38.0 Å². The SMILES string of the molecule is COc1ccc2nccc([C@H](F)CC[C@@H]3CCN(CC[C@H](F)c4ccccc4)C[C@@H]3C(=O)O)c2c1. The van der Waals surface area contributed by atoms with Crippen LogP contribution in [0.3, 0.4) is 0 Å². The number of alkyl halides is 2. The van der Waals surface area contributed by atoms with Crippen molar-refractivity contribution in [1.82, 2.24) is 9.88 Å². The van der Waals surface area contributed by atoms with Gasteiger partial charge in [-0.2, -0.15) is 0 Å². The summed E-state index contributed by atoms with van der Waals surface area (Å²) < 4.78 is 35.2. The number of piperidine rings is 1. The van der Waals surface area contributed by atoms with Crippen LogP contribution < -0.4 is 4.74 Å². The minimum absolute atomic E-state index is 0.111. The molecular weight excluding hydrogens is 450 g/mol. The summed E-state index contributed by atoms with van der Waals surface area (Å²) in [4.78, 5) is 18.4. The number of ether oxygens (including phenoxy) is 1. The van der Waals surface area contributed by atoms with E-state index in [1.54, 1.807) is 49.7 Å². The van der Waals surface area contributed by atoms with Gasteiger partial charge >= 0.3 is 5.97 Å². The van der Waals surface area contributed by atoms with Gasteiger partial charge in [0.2, 0.25) is 0 Å². The predicted octanol–water partition coefficient (Wildman–Crippen LogP) is 6.16. The van der Waals surface area contributed by atoms with Gasteiger partial charge in [0.05, 0.1) is 18.5 Å². The standard InChI is InChI=1S/C28H32F2N2O3/c1-35-21-8-10-27-23(17-21)22(11-14-31-27)26(30)9-7-19-12-15-32(18-24(19)28(33)34)16-13-25(29)20-5-3-2-4-6-20/h2-6,8,10-11,14,17,19,24-26H,7,9,12-13,15-16,18H2,1H3,(H,33,34)/t19-,24+,25+,26-/m1/s1. The van der Waals surface area contributed by atoms with Crippen molar-refractivity contribution in [3.05, 3.63) is 71.9 Å². The Morgan fingerprint density at radius 1 is 1.14 bits per heavy atom. The molecule has 0 unspecified atom stereocenters. The topological polar surface area (TPSA) is 62.7 Å². The Morgan fingerprint density at radius 3 is 2.69 bits per heavy atom. The van der Waals surface area contributed by atoms with Crippen LogP contribution in [0, 0.1) is 11.8 Å². The van der Waals surface area contributed by atoms with E-state index in [1.165, 1.54) is 0 Å². The maximum atomic E-state index is 15.4. The van der Waals surface area contributed by atoms with Gasteiger partial charge in [-0.1, -0.05) is 30.3 Å². The molecule has 2 aromatic carbocycles. The van der Waals surface area contributed by atoms with E-state index in [4.69, 9.17) is 4.74 Å². The number of hydrogen-bond donors (Lipinski definition) is 1. The third-order valence-electron chi connectivity index (χ3n) is 7.13. The molecule has 0 amide bonds. The summed E-state index contributed by atoms with van der Waals surface area (Å²) >= 11 is 0. The molecule has 0 bridgehead atoms. The number of methoxy groups -OCH3 is 1. The second-order valence-electron chi connectivity index (χ2n) is 9.29. The van der Waals surface area contributed by atoms with Gasteiger partial charge in [0.1, 0.15) is 18.1 Å². The van der Waals surface area contributed by atoms with Crippen LogP contribution in [0.2, 0.25) is 0 Å². The second kappa shape index (κ2) is 11.6. The maximum absolute atomic E-state index is 15.4. The van der Waals surface area contributed by atoms with Crippen molar-refractivity contribution in [3.8, 4) is 5.75 Å². The number of fused-ring (bicyclic) bond motifs is 1. The lowest BCUT2D eigenvalue weighted by Gasteiger charge is -2.37. The number of aliphatic carboxylic acids is 1. The monoisotopic (exact) mass is 482 g/mol. The van der Waals surface area contributed by atoms with Gasteiger partial charge in [-0.15, -0.1) is 0 Å². The van der Waals surface area contributed by atoms with Gasteiger partial charge in [-0.05, 0) is 73.5 Å². The zero-order chi connectivity index (χ0) is 24.8. The first-order chi connectivity index (χ1) is 17.0. The van der Waals surface area contributed by atoms with Gasteiger partial charge in [0.15, 0.2) is 0 Å². The zero-order valence-corrected chi connectivity index (χ0v) is 19.9. The smallest absolute Gasteiger partial charge is 0.308 e. The lowest BCUT2D eigenvalue weighted by molar-refractivity contribution is -0.146. The van der Waals surface area contributed by atoms with E-state index in [9.17, 15) is 14.3 Å². The molecule has 7 heteroatoms.